The number of ether oxygens (including phenoxy) is 2. The molecule has 2 N–H and O–H groups in total. The molecule has 0 fully saturated rings. The second-order valence-corrected chi connectivity index (χ2v) is 7.51. The van der Waals surface area contributed by atoms with E-state index in [1.807, 2.05) is 38.1 Å². The molecule has 0 atom stereocenters. The second kappa shape index (κ2) is 9.58. The van der Waals surface area contributed by atoms with Gasteiger partial charge in [0, 0.05) is 16.7 Å². The standard InChI is InChI=1S/C25H23ClO5/c1-15-10-20(11-16(2)25(15)26)31-14-18-12-17(5-9-24(18)30-3)4-8-22(28)21-7-6-19(27)13-23(21)29/h4-13,27,29H,14H2,1-3H3/b8-4+. The first-order valence-corrected chi connectivity index (χ1v) is 9.97. The van der Waals surface area contributed by atoms with E-state index in [-0.39, 0.29) is 29.5 Å². The van der Waals surface area contributed by atoms with Gasteiger partial charge >= 0.3 is 0 Å². The van der Waals surface area contributed by atoms with Gasteiger partial charge in [-0.15, -0.1) is 0 Å². The lowest BCUT2D eigenvalue weighted by Gasteiger charge is -2.13. The summed E-state index contributed by atoms with van der Waals surface area (Å²) in [5.41, 5.74) is 3.58. The summed E-state index contributed by atoms with van der Waals surface area (Å²) in [6.45, 7) is 4.13. The summed E-state index contributed by atoms with van der Waals surface area (Å²) < 4.78 is 11.4. The number of phenols is 2. The first-order valence-electron chi connectivity index (χ1n) is 9.59. The minimum Gasteiger partial charge on any atom is -0.508 e. The maximum Gasteiger partial charge on any atom is 0.189 e. The Morgan fingerprint density at radius 3 is 2.39 bits per heavy atom. The largest absolute Gasteiger partial charge is 0.508 e. The number of halogens is 1. The first-order chi connectivity index (χ1) is 14.8. The Balaban J connectivity index is 1.78. The molecule has 0 spiro atoms. The third kappa shape index (κ3) is 5.38. The molecule has 3 aromatic rings. The number of benzene rings is 3. The highest BCUT2D eigenvalue weighted by Crippen LogP contribution is 2.28. The van der Waals surface area contributed by atoms with Crippen molar-refractivity contribution in [3.05, 3.63) is 87.4 Å². The number of carbonyl (C=O) groups is 1. The van der Waals surface area contributed by atoms with E-state index in [2.05, 4.69) is 0 Å². The van der Waals surface area contributed by atoms with Crippen molar-refractivity contribution in [2.75, 3.05) is 7.11 Å². The van der Waals surface area contributed by atoms with Crippen molar-refractivity contribution in [2.45, 2.75) is 20.5 Å². The van der Waals surface area contributed by atoms with Gasteiger partial charge in [-0.05, 0) is 73.0 Å². The number of allylic oxidation sites excluding steroid dienone is 1. The Hall–Kier alpha value is -3.44. The molecular weight excluding hydrogens is 416 g/mol. The molecule has 0 bridgehead atoms. The summed E-state index contributed by atoms with van der Waals surface area (Å²) >= 11 is 6.22. The van der Waals surface area contributed by atoms with Crippen LogP contribution in [0.3, 0.4) is 0 Å². The summed E-state index contributed by atoms with van der Waals surface area (Å²) in [6, 6.07) is 13.1. The van der Waals surface area contributed by atoms with Gasteiger partial charge in [0.2, 0.25) is 0 Å². The molecular formula is C25H23ClO5. The lowest BCUT2D eigenvalue weighted by Crippen LogP contribution is -2.00. The molecule has 0 aromatic heterocycles. The molecule has 0 unspecified atom stereocenters. The number of carbonyl (C=O) groups excluding carboxylic acids is 1. The van der Waals surface area contributed by atoms with Gasteiger partial charge in [-0.3, -0.25) is 4.79 Å². The smallest absolute Gasteiger partial charge is 0.189 e. The number of methoxy groups -OCH3 is 1. The van der Waals surface area contributed by atoms with Crippen LogP contribution in [-0.4, -0.2) is 23.1 Å². The van der Waals surface area contributed by atoms with Crippen molar-refractivity contribution in [3.8, 4) is 23.0 Å². The third-order valence-corrected chi connectivity index (χ3v) is 5.38. The molecule has 0 saturated heterocycles. The Kier molecular flexibility index (Phi) is 6.88. The molecule has 0 saturated carbocycles. The lowest BCUT2D eigenvalue weighted by molar-refractivity contribution is 0.104. The number of aryl methyl sites for hydroxylation is 2. The van der Waals surface area contributed by atoms with Crippen LogP contribution in [0.4, 0.5) is 0 Å². The Morgan fingerprint density at radius 1 is 1.03 bits per heavy atom. The van der Waals surface area contributed by atoms with E-state index in [0.29, 0.717) is 11.5 Å². The number of aromatic hydroxyl groups is 2. The van der Waals surface area contributed by atoms with E-state index in [0.717, 1.165) is 33.3 Å². The molecule has 31 heavy (non-hydrogen) atoms. The number of hydrogen-bond acceptors (Lipinski definition) is 5. The van der Waals surface area contributed by atoms with Crippen molar-refractivity contribution in [1.82, 2.24) is 0 Å². The van der Waals surface area contributed by atoms with Gasteiger partial charge in [-0.2, -0.15) is 0 Å². The Morgan fingerprint density at radius 2 is 1.74 bits per heavy atom. The molecule has 0 aliphatic rings. The zero-order valence-corrected chi connectivity index (χ0v) is 18.2. The molecule has 0 amide bonds. The van der Waals surface area contributed by atoms with Gasteiger partial charge in [0.15, 0.2) is 5.78 Å². The van der Waals surface area contributed by atoms with Crippen molar-refractivity contribution in [3.63, 3.8) is 0 Å². The first kappa shape index (κ1) is 22.2. The average Bonchev–Trinajstić information content (AvgIpc) is 2.74. The fourth-order valence-electron chi connectivity index (χ4n) is 3.16. The Bertz CT molecular complexity index is 1130. The lowest BCUT2D eigenvalue weighted by atomic mass is 10.1. The van der Waals surface area contributed by atoms with E-state index in [4.69, 9.17) is 21.1 Å². The molecule has 0 heterocycles. The highest BCUT2D eigenvalue weighted by atomic mass is 35.5. The Labute approximate surface area is 186 Å². The number of ketones is 1. The average molecular weight is 439 g/mol. The summed E-state index contributed by atoms with van der Waals surface area (Å²) in [5, 5.41) is 19.9. The quantitative estimate of drug-likeness (QED) is 0.357. The van der Waals surface area contributed by atoms with Crippen LogP contribution >= 0.6 is 11.6 Å². The maximum absolute atomic E-state index is 12.4. The summed E-state index contributed by atoms with van der Waals surface area (Å²) in [7, 11) is 1.59. The fourth-order valence-corrected chi connectivity index (χ4v) is 3.26. The topological polar surface area (TPSA) is 76.0 Å². The van der Waals surface area contributed by atoms with Crippen LogP contribution in [0.15, 0.2) is 54.6 Å². The van der Waals surface area contributed by atoms with E-state index in [1.165, 1.54) is 18.2 Å². The van der Waals surface area contributed by atoms with Crippen molar-refractivity contribution < 1.29 is 24.5 Å². The summed E-state index contributed by atoms with van der Waals surface area (Å²) in [4.78, 5) is 12.4. The van der Waals surface area contributed by atoms with Gasteiger partial charge in [-0.1, -0.05) is 23.7 Å². The SMILES string of the molecule is COc1ccc(/C=C/C(=O)c2ccc(O)cc2O)cc1COc1cc(C)c(Cl)c(C)c1. The van der Waals surface area contributed by atoms with Crippen LogP contribution in [-0.2, 0) is 6.61 Å². The molecule has 0 aliphatic carbocycles. The van der Waals surface area contributed by atoms with Crippen molar-refractivity contribution >= 4 is 23.5 Å². The molecule has 0 aliphatic heterocycles. The monoisotopic (exact) mass is 438 g/mol. The predicted molar refractivity (Wildman–Crippen MR) is 121 cm³/mol. The van der Waals surface area contributed by atoms with Gasteiger partial charge in [0.05, 0.1) is 12.7 Å². The van der Waals surface area contributed by atoms with Crippen molar-refractivity contribution in [2.24, 2.45) is 0 Å². The van der Waals surface area contributed by atoms with Crippen LogP contribution < -0.4 is 9.47 Å². The zero-order valence-electron chi connectivity index (χ0n) is 17.5. The van der Waals surface area contributed by atoms with E-state index >= 15 is 0 Å². The van der Waals surface area contributed by atoms with E-state index in [9.17, 15) is 15.0 Å². The zero-order chi connectivity index (χ0) is 22.5. The molecule has 160 valence electrons. The van der Waals surface area contributed by atoms with Gasteiger partial charge in [0.1, 0.15) is 29.6 Å². The third-order valence-electron chi connectivity index (χ3n) is 4.78. The molecule has 3 aromatic carbocycles. The van der Waals surface area contributed by atoms with E-state index in [1.54, 1.807) is 19.3 Å². The van der Waals surface area contributed by atoms with Gasteiger partial charge < -0.3 is 19.7 Å². The highest BCUT2D eigenvalue weighted by molar-refractivity contribution is 6.32. The number of hydrogen-bond donors (Lipinski definition) is 2. The predicted octanol–water partition coefficient (Wildman–Crippen LogP) is 5.85. The van der Waals surface area contributed by atoms with E-state index < -0.39 is 0 Å². The van der Waals surface area contributed by atoms with Crippen LogP contribution in [0, 0.1) is 13.8 Å². The minimum absolute atomic E-state index is 0.107. The summed E-state index contributed by atoms with van der Waals surface area (Å²) in [5.74, 6) is 0.622. The molecule has 3 rings (SSSR count). The van der Waals surface area contributed by atoms with Crippen molar-refractivity contribution in [1.29, 1.82) is 0 Å². The van der Waals surface area contributed by atoms with Crippen LogP contribution in [0.25, 0.3) is 6.08 Å². The van der Waals surface area contributed by atoms with Crippen LogP contribution in [0.5, 0.6) is 23.0 Å². The van der Waals surface area contributed by atoms with Crippen LogP contribution in [0.1, 0.15) is 32.6 Å². The molecule has 5 nitrogen and oxygen atoms in total. The number of rotatable bonds is 7. The fraction of sp³-hybridized carbons (Fsp3) is 0.160. The van der Waals surface area contributed by atoms with Crippen LogP contribution in [0.2, 0.25) is 5.02 Å². The normalized spacial score (nSPS) is 11.0. The molecule has 0 radical (unpaired) electrons. The van der Waals surface area contributed by atoms with Gasteiger partial charge in [-0.25, -0.2) is 0 Å². The summed E-state index contributed by atoms with van der Waals surface area (Å²) in [6.07, 6.45) is 3.01. The minimum atomic E-state index is -0.377. The highest BCUT2D eigenvalue weighted by Gasteiger charge is 2.10. The maximum atomic E-state index is 12.4. The number of phenolic OH excluding ortho intramolecular Hbond substituents is 2. The second-order valence-electron chi connectivity index (χ2n) is 7.13. The molecule has 6 heteroatoms. The van der Waals surface area contributed by atoms with Gasteiger partial charge in [0.25, 0.3) is 0 Å².